The number of amides is 1. The van der Waals surface area contributed by atoms with Crippen LogP contribution < -0.4 is 5.32 Å². The summed E-state index contributed by atoms with van der Waals surface area (Å²) in [5.74, 6) is -0.282. The number of hydrogen-bond acceptors (Lipinski definition) is 2. The van der Waals surface area contributed by atoms with Crippen LogP contribution in [0.25, 0.3) is 10.9 Å². The van der Waals surface area contributed by atoms with Crippen LogP contribution in [0.3, 0.4) is 0 Å². The van der Waals surface area contributed by atoms with E-state index >= 15 is 0 Å². The lowest BCUT2D eigenvalue weighted by Crippen LogP contribution is -2.33. The van der Waals surface area contributed by atoms with Gasteiger partial charge in [-0.3, -0.25) is 4.79 Å². The van der Waals surface area contributed by atoms with Crippen molar-refractivity contribution in [2.75, 3.05) is 0 Å². The molecule has 130 valence electrons. The zero-order valence-electron chi connectivity index (χ0n) is 14.3. The highest BCUT2D eigenvalue weighted by atomic mass is 32.2. The van der Waals surface area contributed by atoms with Crippen molar-refractivity contribution in [2.24, 2.45) is 0 Å². The van der Waals surface area contributed by atoms with E-state index in [-0.39, 0.29) is 24.2 Å². The number of fused-ring (bicyclic) bond motifs is 1. The molecule has 0 aliphatic carbocycles. The number of aromatic amines is 1. The van der Waals surface area contributed by atoms with Gasteiger partial charge in [-0.2, -0.15) is 0 Å². The van der Waals surface area contributed by atoms with Gasteiger partial charge in [-0.25, -0.2) is 4.39 Å². The summed E-state index contributed by atoms with van der Waals surface area (Å²) < 4.78 is 14.0. The van der Waals surface area contributed by atoms with Crippen LogP contribution in [-0.4, -0.2) is 16.9 Å². The number of carbonyl (C=O) groups excluding carboxylic acids is 1. The minimum absolute atomic E-state index is 0.0190. The number of hydrogen-bond donors (Lipinski definition) is 2. The zero-order chi connectivity index (χ0) is 17.8. The smallest absolute Gasteiger partial charge is 0.224 e. The molecule has 2 N–H and O–H groups in total. The van der Waals surface area contributed by atoms with Gasteiger partial charge in [-0.05, 0) is 31.5 Å². The van der Waals surface area contributed by atoms with E-state index in [2.05, 4.69) is 10.3 Å². The number of halogens is 1. The van der Waals surface area contributed by atoms with Crippen LogP contribution in [0.2, 0.25) is 0 Å². The summed E-state index contributed by atoms with van der Waals surface area (Å²) in [5.41, 5.74) is 1.86. The number of benzene rings is 2. The van der Waals surface area contributed by atoms with Crippen molar-refractivity contribution < 1.29 is 9.18 Å². The fourth-order valence-corrected chi connectivity index (χ4v) is 3.66. The number of H-pyrrole nitrogens is 1. The molecule has 3 rings (SSSR count). The third-order valence-electron chi connectivity index (χ3n) is 4.18. The molecule has 0 radical (unpaired) electrons. The molecule has 5 heteroatoms. The summed E-state index contributed by atoms with van der Waals surface area (Å²) in [7, 11) is 0. The van der Waals surface area contributed by atoms with Crippen LogP contribution in [-0.2, 0) is 11.2 Å². The Morgan fingerprint density at radius 2 is 1.92 bits per heavy atom. The van der Waals surface area contributed by atoms with Gasteiger partial charge < -0.3 is 10.3 Å². The fraction of sp³-hybridized carbons (Fsp3) is 0.250. The molecule has 0 saturated heterocycles. The second-order valence-electron chi connectivity index (χ2n) is 6.06. The van der Waals surface area contributed by atoms with Gasteiger partial charge in [0.2, 0.25) is 5.91 Å². The van der Waals surface area contributed by atoms with Crippen LogP contribution in [0.1, 0.15) is 25.8 Å². The Hall–Kier alpha value is -2.27. The summed E-state index contributed by atoms with van der Waals surface area (Å²) in [6.07, 6.45) is 1.15. The standard InChI is InChI=1S/C20H21FN2OS/c1-3-13(2)22-19(24)12-15-14-8-4-6-10-17(14)23-20(15)25-18-11-7-5-9-16(18)21/h4-11,13,23H,3,12H2,1-2H3,(H,22,24). The molecule has 25 heavy (non-hydrogen) atoms. The van der Waals surface area contributed by atoms with Crippen LogP contribution in [0.5, 0.6) is 0 Å². The Balaban J connectivity index is 1.95. The summed E-state index contributed by atoms with van der Waals surface area (Å²) in [4.78, 5) is 16.3. The van der Waals surface area contributed by atoms with Crippen molar-refractivity contribution in [3.05, 3.63) is 59.9 Å². The summed E-state index contributed by atoms with van der Waals surface area (Å²) in [5, 5.41) is 4.81. The number of carbonyl (C=O) groups is 1. The average Bonchev–Trinajstić information content (AvgIpc) is 2.94. The fourth-order valence-electron chi connectivity index (χ4n) is 2.66. The second kappa shape index (κ2) is 7.74. The molecular weight excluding hydrogens is 335 g/mol. The number of para-hydroxylation sites is 1. The quantitative estimate of drug-likeness (QED) is 0.659. The van der Waals surface area contributed by atoms with E-state index in [1.54, 1.807) is 12.1 Å². The van der Waals surface area contributed by atoms with Gasteiger partial charge in [0.25, 0.3) is 0 Å². The summed E-state index contributed by atoms with van der Waals surface area (Å²) in [6, 6.07) is 14.7. The Morgan fingerprint density at radius 3 is 2.68 bits per heavy atom. The molecule has 2 aromatic carbocycles. The topological polar surface area (TPSA) is 44.9 Å². The van der Waals surface area contributed by atoms with Gasteiger partial charge in [-0.1, -0.05) is 49.0 Å². The Kier molecular flexibility index (Phi) is 5.43. The maximum atomic E-state index is 14.0. The van der Waals surface area contributed by atoms with E-state index in [0.717, 1.165) is 27.9 Å². The highest BCUT2D eigenvalue weighted by Crippen LogP contribution is 2.35. The first-order valence-corrected chi connectivity index (χ1v) is 9.21. The molecule has 0 saturated carbocycles. The number of rotatable bonds is 6. The molecule has 3 aromatic rings. The van der Waals surface area contributed by atoms with Gasteiger partial charge in [0.05, 0.1) is 11.4 Å². The van der Waals surface area contributed by atoms with E-state index in [4.69, 9.17) is 0 Å². The van der Waals surface area contributed by atoms with Gasteiger partial charge >= 0.3 is 0 Å². The van der Waals surface area contributed by atoms with E-state index in [1.807, 2.05) is 44.2 Å². The molecule has 0 aliphatic heterocycles. The van der Waals surface area contributed by atoms with E-state index in [1.165, 1.54) is 17.8 Å². The minimum atomic E-state index is -0.263. The molecule has 1 unspecified atom stereocenters. The van der Waals surface area contributed by atoms with Crippen LogP contribution >= 0.6 is 11.8 Å². The molecule has 3 nitrogen and oxygen atoms in total. The molecular formula is C20H21FN2OS. The molecule has 1 amide bonds. The van der Waals surface area contributed by atoms with Crippen molar-refractivity contribution in [1.29, 1.82) is 0 Å². The van der Waals surface area contributed by atoms with Crippen molar-refractivity contribution in [1.82, 2.24) is 10.3 Å². The molecule has 0 bridgehead atoms. The SMILES string of the molecule is CCC(C)NC(=O)Cc1c(Sc2ccccc2F)[nH]c2ccccc12. The van der Waals surface area contributed by atoms with Crippen molar-refractivity contribution >= 4 is 28.6 Å². The molecule has 1 aromatic heterocycles. The lowest BCUT2D eigenvalue weighted by molar-refractivity contribution is -0.121. The monoisotopic (exact) mass is 356 g/mol. The first-order valence-electron chi connectivity index (χ1n) is 8.39. The van der Waals surface area contributed by atoms with Crippen molar-refractivity contribution in [2.45, 2.75) is 42.7 Å². The Labute approximate surface area is 151 Å². The summed E-state index contributed by atoms with van der Waals surface area (Å²) in [6.45, 7) is 4.03. The van der Waals surface area contributed by atoms with Crippen molar-refractivity contribution in [3.8, 4) is 0 Å². The lowest BCUT2D eigenvalue weighted by Gasteiger charge is -2.12. The zero-order valence-corrected chi connectivity index (χ0v) is 15.1. The maximum absolute atomic E-state index is 14.0. The molecule has 0 spiro atoms. The Bertz CT molecular complexity index is 890. The highest BCUT2D eigenvalue weighted by Gasteiger charge is 2.17. The first-order chi connectivity index (χ1) is 12.1. The third kappa shape index (κ3) is 4.04. The minimum Gasteiger partial charge on any atom is -0.353 e. The van der Waals surface area contributed by atoms with Gasteiger partial charge in [0, 0.05) is 27.4 Å². The third-order valence-corrected chi connectivity index (χ3v) is 5.28. The van der Waals surface area contributed by atoms with E-state index < -0.39 is 0 Å². The Morgan fingerprint density at radius 1 is 1.20 bits per heavy atom. The second-order valence-corrected chi connectivity index (χ2v) is 7.12. The van der Waals surface area contributed by atoms with Crippen LogP contribution in [0.4, 0.5) is 4.39 Å². The normalized spacial score (nSPS) is 12.3. The highest BCUT2D eigenvalue weighted by molar-refractivity contribution is 7.99. The number of aromatic nitrogens is 1. The van der Waals surface area contributed by atoms with Gasteiger partial charge in [0.15, 0.2) is 0 Å². The molecule has 0 aliphatic rings. The van der Waals surface area contributed by atoms with Crippen molar-refractivity contribution in [3.63, 3.8) is 0 Å². The van der Waals surface area contributed by atoms with E-state index in [9.17, 15) is 9.18 Å². The average molecular weight is 356 g/mol. The predicted molar refractivity (Wildman–Crippen MR) is 100 cm³/mol. The number of nitrogens with one attached hydrogen (secondary N) is 2. The van der Waals surface area contributed by atoms with Gasteiger partial charge in [-0.15, -0.1) is 0 Å². The molecule has 1 heterocycles. The predicted octanol–water partition coefficient (Wildman–Crippen LogP) is 4.92. The molecule has 0 fully saturated rings. The summed E-state index contributed by atoms with van der Waals surface area (Å²) >= 11 is 1.32. The maximum Gasteiger partial charge on any atom is 0.224 e. The van der Waals surface area contributed by atoms with Crippen LogP contribution in [0.15, 0.2) is 58.5 Å². The van der Waals surface area contributed by atoms with Crippen LogP contribution in [0, 0.1) is 5.82 Å². The largest absolute Gasteiger partial charge is 0.353 e. The first kappa shape index (κ1) is 17.5. The molecule has 1 atom stereocenters. The van der Waals surface area contributed by atoms with E-state index in [0.29, 0.717) is 4.90 Å². The van der Waals surface area contributed by atoms with Gasteiger partial charge in [0.1, 0.15) is 5.82 Å². The lowest BCUT2D eigenvalue weighted by atomic mass is 10.1.